The van der Waals surface area contributed by atoms with Gasteiger partial charge in [0.25, 0.3) is 0 Å². The topological polar surface area (TPSA) is 0 Å². The molecular weight excluding hydrogens is 207 g/mol. The van der Waals surface area contributed by atoms with Crippen molar-refractivity contribution in [1.82, 2.24) is 0 Å². The normalized spacial score (nSPS) is 11.0. The molecular formula is C10H8ClFS. The van der Waals surface area contributed by atoms with Gasteiger partial charge < -0.3 is 0 Å². The second kappa shape index (κ2) is 3.28. The van der Waals surface area contributed by atoms with Crippen LogP contribution in [0.25, 0.3) is 10.1 Å². The summed E-state index contributed by atoms with van der Waals surface area (Å²) in [6.07, 6.45) is 0.717. The molecule has 0 atom stereocenters. The molecule has 0 N–H and O–H groups in total. The molecule has 0 bridgehead atoms. The highest BCUT2D eigenvalue weighted by Gasteiger charge is 2.05. The van der Waals surface area contributed by atoms with Crippen molar-refractivity contribution in [2.24, 2.45) is 0 Å². The summed E-state index contributed by atoms with van der Waals surface area (Å²) < 4.78 is 14.9. The number of rotatable bonds is 1. The van der Waals surface area contributed by atoms with Crippen LogP contribution in [0.2, 0.25) is 4.34 Å². The Bertz CT molecular complexity index is 447. The minimum absolute atomic E-state index is 0.131. The molecule has 0 fully saturated rings. The molecule has 2 rings (SSSR count). The van der Waals surface area contributed by atoms with Gasteiger partial charge in [0.15, 0.2) is 0 Å². The molecule has 0 aliphatic heterocycles. The first-order valence-electron chi connectivity index (χ1n) is 4.08. The molecule has 0 nitrogen and oxygen atoms in total. The number of hydrogen-bond donors (Lipinski definition) is 0. The van der Waals surface area contributed by atoms with Gasteiger partial charge in [-0.3, -0.25) is 0 Å². The maximum Gasteiger partial charge on any atom is 0.127 e. The first-order valence-corrected chi connectivity index (χ1v) is 5.27. The van der Waals surface area contributed by atoms with Crippen LogP contribution < -0.4 is 0 Å². The zero-order valence-electron chi connectivity index (χ0n) is 7.10. The molecule has 0 saturated heterocycles. The summed E-state index contributed by atoms with van der Waals surface area (Å²) in [5.41, 5.74) is 0.752. The summed E-state index contributed by atoms with van der Waals surface area (Å²) in [7, 11) is 0. The lowest BCUT2D eigenvalue weighted by Crippen LogP contribution is -1.85. The van der Waals surface area contributed by atoms with Gasteiger partial charge in [0.05, 0.1) is 4.34 Å². The lowest BCUT2D eigenvalue weighted by molar-refractivity contribution is 0.614. The van der Waals surface area contributed by atoms with Gasteiger partial charge >= 0.3 is 0 Å². The average molecular weight is 215 g/mol. The van der Waals surface area contributed by atoms with Crippen molar-refractivity contribution in [3.63, 3.8) is 0 Å². The highest BCUT2D eigenvalue weighted by atomic mass is 35.5. The maximum atomic E-state index is 13.3. The Hall–Kier alpha value is -0.600. The third-order valence-electron chi connectivity index (χ3n) is 2.04. The fourth-order valence-corrected chi connectivity index (χ4v) is 2.51. The van der Waals surface area contributed by atoms with E-state index in [0.29, 0.717) is 4.34 Å². The number of benzene rings is 1. The van der Waals surface area contributed by atoms with Gasteiger partial charge in [-0.15, -0.1) is 11.3 Å². The molecule has 0 radical (unpaired) electrons. The van der Waals surface area contributed by atoms with Gasteiger partial charge in [-0.2, -0.15) is 0 Å². The highest BCUT2D eigenvalue weighted by molar-refractivity contribution is 7.22. The number of aryl methyl sites for hydroxylation is 1. The van der Waals surface area contributed by atoms with Crippen molar-refractivity contribution < 1.29 is 4.39 Å². The van der Waals surface area contributed by atoms with Crippen LogP contribution in [0.3, 0.4) is 0 Å². The smallest absolute Gasteiger partial charge is 0.127 e. The van der Waals surface area contributed by atoms with Gasteiger partial charge in [-0.25, -0.2) is 4.39 Å². The average Bonchev–Trinajstić information content (AvgIpc) is 2.42. The number of fused-ring (bicyclic) bond motifs is 1. The summed E-state index contributed by atoms with van der Waals surface area (Å²) in [6.45, 7) is 1.94. The summed E-state index contributed by atoms with van der Waals surface area (Å²) in [5.74, 6) is -0.131. The lowest BCUT2D eigenvalue weighted by Gasteiger charge is -1.98. The molecule has 1 heterocycles. The number of halogens is 2. The minimum atomic E-state index is -0.131. The van der Waals surface area contributed by atoms with Crippen LogP contribution >= 0.6 is 22.9 Å². The Morgan fingerprint density at radius 1 is 1.38 bits per heavy atom. The molecule has 1 aromatic heterocycles. The van der Waals surface area contributed by atoms with Gasteiger partial charge in [0.2, 0.25) is 0 Å². The van der Waals surface area contributed by atoms with Gasteiger partial charge in [-0.05, 0) is 35.6 Å². The van der Waals surface area contributed by atoms with Crippen LogP contribution in [-0.4, -0.2) is 0 Å². The van der Waals surface area contributed by atoms with Crippen LogP contribution in [0.1, 0.15) is 12.5 Å². The summed E-state index contributed by atoms with van der Waals surface area (Å²) in [5, 5.41) is 1.04. The number of hydrogen-bond acceptors (Lipinski definition) is 1. The van der Waals surface area contributed by atoms with E-state index in [1.54, 1.807) is 6.07 Å². The molecule has 0 unspecified atom stereocenters. The Balaban J connectivity index is 2.72. The van der Waals surface area contributed by atoms with Crippen LogP contribution in [-0.2, 0) is 6.42 Å². The summed E-state index contributed by atoms with van der Waals surface area (Å²) in [6, 6.07) is 5.30. The van der Waals surface area contributed by atoms with Gasteiger partial charge in [0, 0.05) is 4.70 Å². The molecule has 0 amide bonds. The predicted octanol–water partition coefficient (Wildman–Crippen LogP) is 4.26. The van der Waals surface area contributed by atoms with Crippen LogP contribution in [0.15, 0.2) is 18.2 Å². The van der Waals surface area contributed by atoms with Crippen molar-refractivity contribution in [3.05, 3.63) is 33.9 Å². The highest BCUT2D eigenvalue weighted by Crippen LogP contribution is 2.31. The molecule has 1 aromatic carbocycles. The molecule has 0 aliphatic rings. The fraction of sp³-hybridized carbons (Fsp3) is 0.200. The minimum Gasteiger partial charge on any atom is -0.207 e. The van der Waals surface area contributed by atoms with Gasteiger partial charge in [0.1, 0.15) is 5.82 Å². The van der Waals surface area contributed by atoms with E-state index in [9.17, 15) is 4.39 Å². The Labute approximate surface area is 85.0 Å². The molecule has 0 aliphatic carbocycles. The second-order valence-electron chi connectivity index (χ2n) is 2.89. The van der Waals surface area contributed by atoms with Crippen molar-refractivity contribution in [1.29, 1.82) is 0 Å². The van der Waals surface area contributed by atoms with E-state index in [2.05, 4.69) is 0 Å². The van der Waals surface area contributed by atoms with Crippen molar-refractivity contribution >= 4 is 33.0 Å². The quantitative estimate of drug-likeness (QED) is 0.666. The van der Waals surface area contributed by atoms with Crippen molar-refractivity contribution in [3.8, 4) is 0 Å². The monoisotopic (exact) mass is 214 g/mol. The second-order valence-corrected chi connectivity index (χ2v) is 4.60. The summed E-state index contributed by atoms with van der Waals surface area (Å²) >= 11 is 7.24. The SMILES string of the molecule is CCc1cc2cc(Cl)sc2cc1F. The van der Waals surface area contributed by atoms with Crippen molar-refractivity contribution in [2.45, 2.75) is 13.3 Å². The maximum absolute atomic E-state index is 13.3. The van der Waals surface area contributed by atoms with Crippen LogP contribution in [0, 0.1) is 5.82 Å². The number of thiophene rings is 1. The lowest BCUT2D eigenvalue weighted by atomic mass is 10.1. The van der Waals surface area contributed by atoms with E-state index in [-0.39, 0.29) is 5.82 Å². The standard InChI is InChI=1S/C10H8ClFS/c1-2-6-3-7-4-10(11)13-9(7)5-8(6)12/h3-5H,2H2,1H3. The zero-order valence-corrected chi connectivity index (χ0v) is 8.68. The Morgan fingerprint density at radius 2 is 2.15 bits per heavy atom. The molecule has 3 heteroatoms. The Morgan fingerprint density at radius 3 is 2.85 bits per heavy atom. The van der Waals surface area contributed by atoms with Gasteiger partial charge in [-0.1, -0.05) is 18.5 Å². The molecule has 0 spiro atoms. The molecule has 2 aromatic rings. The first kappa shape index (κ1) is 8.97. The zero-order chi connectivity index (χ0) is 9.42. The molecule has 13 heavy (non-hydrogen) atoms. The van der Waals surface area contributed by atoms with Crippen LogP contribution in [0.4, 0.5) is 4.39 Å². The fourth-order valence-electron chi connectivity index (χ4n) is 1.35. The Kier molecular flexibility index (Phi) is 2.26. The summed E-state index contributed by atoms with van der Waals surface area (Å²) in [4.78, 5) is 0. The van der Waals surface area contributed by atoms with Crippen LogP contribution in [0.5, 0.6) is 0 Å². The van der Waals surface area contributed by atoms with E-state index < -0.39 is 0 Å². The molecule has 0 saturated carbocycles. The van der Waals surface area contributed by atoms with E-state index in [1.807, 2.05) is 19.1 Å². The van der Waals surface area contributed by atoms with E-state index in [1.165, 1.54) is 11.3 Å². The third kappa shape index (κ3) is 1.56. The van der Waals surface area contributed by atoms with E-state index >= 15 is 0 Å². The third-order valence-corrected chi connectivity index (χ3v) is 3.26. The molecule has 68 valence electrons. The van der Waals surface area contributed by atoms with E-state index in [4.69, 9.17) is 11.6 Å². The van der Waals surface area contributed by atoms with E-state index in [0.717, 1.165) is 22.1 Å². The first-order chi connectivity index (χ1) is 6.20. The van der Waals surface area contributed by atoms with Crippen molar-refractivity contribution in [2.75, 3.05) is 0 Å². The largest absolute Gasteiger partial charge is 0.207 e. The predicted molar refractivity (Wildman–Crippen MR) is 56.2 cm³/mol.